The second-order valence-electron chi connectivity index (χ2n) is 3.81. The van der Waals surface area contributed by atoms with Gasteiger partial charge >= 0.3 is 0 Å². The van der Waals surface area contributed by atoms with Gasteiger partial charge in [0.25, 0.3) is 0 Å². The predicted octanol–water partition coefficient (Wildman–Crippen LogP) is 2.34. The molecule has 1 nitrogen and oxygen atoms in total. The number of aryl methyl sites for hydroxylation is 1. The lowest BCUT2D eigenvalue weighted by Gasteiger charge is -2.17. The number of hydrogen-bond acceptors (Lipinski definition) is 1. The highest BCUT2D eigenvalue weighted by Crippen LogP contribution is 2.22. The van der Waals surface area contributed by atoms with Crippen molar-refractivity contribution in [2.75, 3.05) is 0 Å². The third-order valence-electron chi connectivity index (χ3n) is 2.73. The third-order valence-corrected chi connectivity index (χ3v) is 3.43. The Morgan fingerprint density at radius 3 is 2.73 bits per heavy atom. The van der Waals surface area contributed by atoms with Gasteiger partial charge in [0.05, 0.1) is 6.10 Å². The van der Waals surface area contributed by atoms with Crippen LogP contribution in [0.15, 0.2) is 30.8 Å². The first-order chi connectivity index (χ1) is 7.20. The zero-order valence-corrected chi connectivity index (χ0v) is 11.9. The zero-order chi connectivity index (χ0) is 11.3. The lowest BCUT2D eigenvalue weighted by molar-refractivity contribution is 0.307. The summed E-state index contributed by atoms with van der Waals surface area (Å²) in [5.41, 5.74) is 3.76. The average Bonchev–Trinajstić information content (AvgIpc) is 2.28. The van der Waals surface area contributed by atoms with E-state index in [-0.39, 0.29) is 6.10 Å². The average molecular weight is 220 g/mol. The van der Waals surface area contributed by atoms with Crippen LogP contribution in [0.4, 0.5) is 0 Å². The van der Waals surface area contributed by atoms with Gasteiger partial charge in [0.2, 0.25) is 0 Å². The van der Waals surface area contributed by atoms with E-state index < -0.39 is 0 Å². The van der Waals surface area contributed by atoms with Gasteiger partial charge in [-0.3, -0.25) is 0 Å². The van der Waals surface area contributed by atoms with E-state index in [1.165, 1.54) is 17.5 Å². The van der Waals surface area contributed by atoms with Crippen LogP contribution in [0.3, 0.4) is 0 Å². The van der Waals surface area contributed by atoms with Gasteiger partial charge in [-0.1, -0.05) is 44.2 Å². The second-order valence-corrected chi connectivity index (χ2v) is 4.28. The maximum Gasteiger partial charge on any atom is 0.146 e. The topological polar surface area (TPSA) is 9.23 Å². The molecule has 0 aliphatic carbocycles. The van der Waals surface area contributed by atoms with Crippen LogP contribution in [0.1, 0.15) is 31.4 Å². The summed E-state index contributed by atoms with van der Waals surface area (Å²) in [4.78, 5) is 0. The van der Waals surface area contributed by atoms with E-state index in [2.05, 4.69) is 44.7 Å². The van der Waals surface area contributed by atoms with E-state index >= 15 is 0 Å². The molecular formula is C13H20OSi. The summed E-state index contributed by atoms with van der Waals surface area (Å²) in [5, 5.41) is 0. The van der Waals surface area contributed by atoms with Crippen molar-refractivity contribution in [3.63, 3.8) is 0 Å². The molecule has 2 heteroatoms. The van der Waals surface area contributed by atoms with Crippen molar-refractivity contribution >= 4 is 16.1 Å². The lowest BCUT2D eigenvalue weighted by atomic mass is 9.95. The lowest BCUT2D eigenvalue weighted by Crippen LogP contribution is -2.09. The van der Waals surface area contributed by atoms with Crippen molar-refractivity contribution in [3.8, 4) is 0 Å². The van der Waals surface area contributed by atoms with E-state index in [0.29, 0.717) is 0 Å². The Labute approximate surface area is 95.7 Å². The van der Waals surface area contributed by atoms with E-state index in [1.807, 2.05) is 0 Å². The van der Waals surface area contributed by atoms with Crippen LogP contribution < -0.4 is 0 Å². The van der Waals surface area contributed by atoms with Gasteiger partial charge in [0.15, 0.2) is 0 Å². The summed E-state index contributed by atoms with van der Waals surface area (Å²) in [6, 6.07) is 8.49. The first-order valence-corrected chi connectivity index (χ1v) is 6.32. The van der Waals surface area contributed by atoms with Crippen LogP contribution in [0.25, 0.3) is 5.57 Å². The van der Waals surface area contributed by atoms with Crippen LogP contribution >= 0.6 is 0 Å². The molecule has 0 aromatic heterocycles. The number of rotatable bonds is 5. The zero-order valence-electron chi connectivity index (χ0n) is 9.92. The Bertz CT molecular complexity index is 333. The van der Waals surface area contributed by atoms with Crippen molar-refractivity contribution in [1.29, 1.82) is 0 Å². The molecule has 0 fully saturated rings. The molecule has 0 spiro atoms. The van der Waals surface area contributed by atoms with Gasteiger partial charge in [0.1, 0.15) is 10.5 Å². The van der Waals surface area contributed by atoms with Crippen LogP contribution in [0.2, 0.25) is 0 Å². The van der Waals surface area contributed by atoms with Gasteiger partial charge in [-0.2, -0.15) is 0 Å². The van der Waals surface area contributed by atoms with Gasteiger partial charge in [-0.05, 0) is 30.0 Å². The molecule has 0 amide bonds. The first kappa shape index (κ1) is 12.2. The summed E-state index contributed by atoms with van der Waals surface area (Å²) in [5.74, 6) is 0. The Kier molecular flexibility index (Phi) is 4.79. The molecule has 0 bridgehead atoms. The summed E-state index contributed by atoms with van der Waals surface area (Å²) in [6.45, 7) is 8.40. The van der Waals surface area contributed by atoms with E-state index in [4.69, 9.17) is 4.43 Å². The normalized spacial score (nSPS) is 12.7. The van der Waals surface area contributed by atoms with Crippen LogP contribution in [-0.2, 0) is 10.8 Å². The largest absolute Gasteiger partial charge is 0.421 e. The molecule has 82 valence electrons. The molecule has 1 aromatic rings. The molecule has 1 atom stereocenters. The predicted molar refractivity (Wildman–Crippen MR) is 70.0 cm³/mol. The Hall–Kier alpha value is -0.863. The molecule has 15 heavy (non-hydrogen) atoms. The third kappa shape index (κ3) is 3.04. The SMILES string of the molecule is C=C(c1ccccc1CCC)C(C)O[SiH3]. The molecule has 0 radical (unpaired) electrons. The Balaban J connectivity index is 2.96. The minimum absolute atomic E-state index is 0.148. The van der Waals surface area contributed by atoms with Crippen molar-refractivity contribution in [2.24, 2.45) is 0 Å². The van der Waals surface area contributed by atoms with Crippen LogP contribution in [0, 0.1) is 0 Å². The molecule has 1 rings (SSSR count). The Morgan fingerprint density at radius 2 is 2.13 bits per heavy atom. The summed E-state index contributed by atoms with van der Waals surface area (Å²) in [6.07, 6.45) is 2.43. The molecule has 0 saturated heterocycles. The van der Waals surface area contributed by atoms with Crippen molar-refractivity contribution in [1.82, 2.24) is 0 Å². The van der Waals surface area contributed by atoms with Crippen molar-refractivity contribution in [3.05, 3.63) is 42.0 Å². The summed E-state index contributed by atoms with van der Waals surface area (Å²) in [7, 11) is 0.761. The molecular weight excluding hydrogens is 200 g/mol. The molecule has 0 saturated carbocycles. The maximum absolute atomic E-state index is 5.44. The van der Waals surface area contributed by atoms with Crippen LogP contribution in [-0.4, -0.2) is 16.6 Å². The fourth-order valence-electron chi connectivity index (χ4n) is 1.68. The van der Waals surface area contributed by atoms with E-state index in [0.717, 1.165) is 22.5 Å². The summed E-state index contributed by atoms with van der Waals surface area (Å²) >= 11 is 0. The van der Waals surface area contributed by atoms with Crippen LogP contribution in [0.5, 0.6) is 0 Å². The molecule has 1 unspecified atom stereocenters. The van der Waals surface area contributed by atoms with E-state index in [9.17, 15) is 0 Å². The minimum atomic E-state index is 0.148. The highest BCUT2D eigenvalue weighted by atomic mass is 28.2. The number of hydrogen-bond donors (Lipinski definition) is 0. The van der Waals surface area contributed by atoms with E-state index in [1.54, 1.807) is 0 Å². The maximum atomic E-state index is 5.44. The standard InChI is InChI=1S/C13H20OSi/c1-4-7-12-8-5-6-9-13(12)10(2)11(3)14-15/h5-6,8-9,11H,2,4,7H2,1,3,15H3. The van der Waals surface area contributed by atoms with Gasteiger partial charge in [-0.25, -0.2) is 0 Å². The molecule has 0 aliphatic heterocycles. The van der Waals surface area contributed by atoms with Gasteiger partial charge in [0, 0.05) is 0 Å². The van der Waals surface area contributed by atoms with Crippen molar-refractivity contribution in [2.45, 2.75) is 32.8 Å². The molecule has 0 heterocycles. The highest BCUT2D eigenvalue weighted by molar-refractivity contribution is 5.98. The van der Waals surface area contributed by atoms with Gasteiger partial charge < -0.3 is 4.43 Å². The fraction of sp³-hybridized carbons (Fsp3) is 0.385. The smallest absolute Gasteiger partial charge is 0.146 e. The molecule has 0 N–H and O–H groups in total. The minimum Gasteiger partial charge on any atom is -0.421 e. The van der Waals surface area contributed by atoms with Crippen molar-refractivity contribution < 1.29 is 4.43 Å². The highest BCUT2D eigenvalue weighted by Gasteiger charge is 2.10. The molecule has 1 aromatic carbocycles. The molecule has 0 aliphatic rings. The first-order valence-electron chi connectivity index (χ1n) is 5.50. The second kappa shape index (κ2) is 5.88. The Morgan fingerprint density at radius 1 is 1.47 bits per heavy atom. The fourth-order valence-corrected chi connectivity index (χ4v) is 1.97. The van der Waals surface area contributed by atoms with Gasteiger partial charge in [-0.15, -0.1) is 0 Å². The quantitative estimate of drug-likeness (QED) is 0.692. The monoisotopic (exact) mass is 220 g/mol. The summed E-state index contributed by atoms with van der Waals surface area (Å²) < 4.78 is 5.44. The number of benzene rings is 1.